The molecule has 0 saturated carbocycles. The molecule has 0 bridgehead atoms. The van der Waals surface area contributed by atoms with E-state index in [1.165, 1.54) is 0 Å². The Morgan fingerprint density at radius 1 is 1.00 bits per heavy atom. The molecule has 0 unspecified atom stereocenters. The number of halogens is 3. The van der Waals surface area contributed by atoms with Crippen molar-refractivity contribution in [3.05, 3.63) is 58.2 Å². The molecular weight excluding hydrogens is 298 g/mol. The molecule has 5 heteroatoms. The maximum atomic E-state index is 12.8. The van der Waals surface area contributed by atoms with Crippen LogP contribution in [0.4, 0.5) is 4.39 Å². The normalized spacial score (nSPS) is 10.9. The molecule has 3 rings (SSSR count). The van der Waals surface area contributed by atoms with Crippen LogP contribution < -0.4 is 0 Å². The van der Waals surface area contributed by atoms with Gasteiger partial charge in [-0.05, 0) is 29.8 Å². The number of para-hydroxylation sites is 1. The molecule has 2 aromatic carbocycles. The summed E-state index contributed by atoms with van der Waals surface area (Å²) in [5.74, 6) is 0.397. The maximum absolute atomic E-state index is 12.8. The molecule has 20 heavy (non-hydrogen) atoms. The molecule has 0 saturated heterocycles. The average Bonchev–Trinajstić information content (AvgIpc) is 2.48. The standard InChI is InChI=1S/C15H9Cl2FN2/c16-12-6-5-9(8-18)7-11(12)15-19-13-4-2-1-3-10(13)14(17)20-15/h1-7H,8H2. The molecule has 0 N–H and O–H groups in total. The van der Waals surface area contributed by atoms with Crippen LogP contribution in [0.5, 0.6) is 0 Å². The third-order valence-corrected chi connectivity index (χ3v) is 3.60. The largest absolute Gasteiger partial charge is 0.246 e. The van der Waals surface area contributed by atoms with Gasteiger partial charge >= 0.3 is 0 Å². The van der Waals surface area contributed by atoms with Gasteiger partial charge in [0.1, 0.15) is 11.8 Å². The van der Waals surface area contributed by atoms with Crippen molar-refractivity contribution >= 4 is 34.1 Å². The van der Waals surface area contributed by atoms with Gasteiger partial charge in [-0.15, -0.1) is 0 Å². The molecule has 1 heterocycles. The van der Waals surface area contributed by atoms with Crippen molar-refractivity contribution in [2.75, 3.05) is 0 Å². The van der Waals surface area contributed by atoms with Gasteiger partial charge in [0.25, 0.3) is 0 Å². The van der Waals surface area contributed by atoms with Crippen LogP contribution in [0, 0.1) is 0 Å². The SMILES string of the molecule is FCc1ccc(Cl)c(-c2nc(Cl)c3ccccc3n2)c1. The lowest BCUT2D eigenvalue weighted by molar-refractivity contribution is 0.485. The number of alkyl halides is 1. The van der Waals surface area contributed by atoms with Crippen LogP contribution >= 0.6 is 23.2 Å². The monoisotopic (exact) mass is 306 g/mol. The van der Waals surface area contributed by atoms with Gasteiger partial charge in [0, 0.05) is 10.9 Å². The average molecular weight is 307 g/mol. The second-order valence-electron chi connectivity index (χ2n) is 4.30. The predicted octanol–water partition coefficient (Wildman–Crippen LogP) is 5.07. The van der Waals surface area contributed by atoms with E-state index >= 15 is 0 Å². The van der Waals surface area contributed by atoms with Crippen LogP contribution in [0.25, 0.3) is 22.3 Å². The molecule has 0 spiro atoms. The van der Waals surface area contributed by atoms with Gasteiger partial charge < -0.3 is 0 Å². The van der Waals surface area contributed by atoms with E-state index in [9.17, 15) is 4.39 Å². The van der Waals surface area contributed by atoms with Crippen LogP contribution in [0.15, 0.2) is 42.5 Å². The van der Waals surface area contributed by atoms with Crippen molar-refractivity contribution in [1.29, 1.82) is 0 Å². The number of rotatable bonds is 2. The van der Waals surface area contributed by atoms with Crippen LogP contribution in [0.3, 0.4) is 0 Å². The molecule has 3 aromatic rings. The topological polar surface area (TPSA) is 25.8 Å². The molecule has 2 nitrogen and oxygen atoms in total. The minimum Gasteiger partial charge on any atom is -0.246 e. The molecule has 1 aromatic heterocycles. The van der Waals surface area contributed by atoms with Gasteiger partial charge in [0.05, 0.1) is 10.5 Å². The molecule has 100 valence electrons. The van der Waals surface area contributed by atoms with E-state index in [0.29, 0.717) is 27.1 Å². The van der Waals surface area contributed by atoms with Crippen LogP contribution in [-0.4, -0.2) is 9.97 Å². The molecule has 0 aliphatic carbocycles. The summed E-state index contributed by atoms with van der Waals surface area (Å²) in [6.07, 6.45) is 0. The van der Waals surface area contributed by atoms with E-state index < -0.39 is 6.67 Å². The summed E-state index contributed by atoms with van der Waals surface area (Å²) in [4.78, 5) is 8.70. The van der Waals surface area contributed by atoms with E-state index in [1.807, 2.05) is 24.3 Å². The highest BCUT2D eigenvalue weighted by Gasteiger charge is 2.11. The fourth-order valence-electron chi connectivity index (χ4n) is 1.99. The van der Waals surface area contributed by atoms with Crippen LogP contribution in [0.2, 0.25) is 10.2 Å². The van der Waals surface area contributed by atoms with Gasteiger partial charge in [-0.2, -0.15) is 0 Å². The van der Waals surface area contributed by atoms with E-state index in [2.05, 4.69) is 9.97 Å². The highest BCUT2D eigenvalue weighted by molar-refractivity contribution is 6.35. The molecule has 0 amide bonds. The molecule has 0 aliphatic rings. The lowest BCUT2D eigenvalue weighted by Gasteiger charge is -2.07. The third-order valence-electron chi connectivity index (χ3n) is 2.98. The zero-order valence-corrected chi connectivity index (χ0v) is 11.8. The minimum absolute atomic E-state index is 0.354. The first-order valence-electron chi connectivity index (χ1n) is 5.96. The number of nitrogens with zero attached hydrogens (tertiary/aromatic N) is 2. The number of fused-ring (bicyclic) bond motifs is 1. The first kappa shape index (κ1) is 13.3. The van der Waals surface area contributed by atoms with E-state index in [-0.39, 0.29) is 0 Å². The van der Waals surface area contributed by atoms with E-state index in [1.54, 1.807) is 18.2 Å². The van der Waals surface area contributed by atoms with Crippen molar-refractivity contribution in [1.82, 2.24) is 9.97 Å². The lowest BCUT2D eigenvalue weighted by Crippen LogP contribution is -1.93. The second kappa shape index (κ2) is 5.35. The Balaban J connectivity index is 2.24. The van der Waals surface area contributed by atoms with Gasteiger partial charge in [-0.25, -0.2) is 14.4 Å². The number of hydrogen-bond donors (Lipinski definition) is 0. The van der Waals surface area contributed by atoms with Gasteiger partial charge in [0.15, 0.2) is 5.82 Å². The van der Waals surface area contributed by atoms with E-state index in [4.69, 9.17) is 23.2 Å². The summed E-state index contributed by atoms with van der Waals surface area (Å²) in [6, 6.07) is 12.3. The minimum atomic E-state index is -0.564. The van der Waals surface area contributed by atoms with Crippen molar-refractivity contribution in [2.24, 2.45) is 0 Å². The summed E-state index contributed by atoms with van der Waals surface area (Å²) >= 11 is 12.3. The summed E-state index contributed by atoms with van der Waals surface area (Å²) in [5, 5.41) is 1.59. The predicted molar refractivity (Wildman–Crippen MR) is 79.8 cm³/mol. The summed E-state index contributed by atoms with van der Waals surface area (Å²) in [5.41, 5.74) is 1.83. The summed E-state index contributed by atoms with van der Waals surface area (Å²) in [6.45, 7) is -0.564. The summed E-state index contributed by atoms with van der Waals surface area (Å²) < 4.78 is 12.8. The zero-order chi connectivity index (χ0) is 14.1. The second-order valence-corrected chi connectivity index (χ2v) is 5.07. The molecule has 0 fully saturated rings. The van der Waals surface area contributed by atoms with Crippen molar-refractivity contribution in [2.45, 2.75) is 6.67 Å². The summed E-state index contributed by atoms with van der Waals surface area (Å²) in [7, 11) is 0. The van der Waals surface area contributed by atoms with Crippen molar-refractivity contribution < 1.29 is 4.39 Å². The Labute approximate surface area is 125 Å². The highest BCUT2D eigenvalue weighted by atomic mass is 35.5. The highest BCUT2D eigenvalue weighted by Crippen LogP contribution is 2.30. The van der Waals surface area contributed by atoms with Crippen molar-refractivity contribution in [3.63, 3.8) is 0 Å². The van der Waals surface area contributed by atoms with Crippen LogP contribution in [0.1, 0.15) is 5.56 Å². The molecular formula is C15H9Cl2FN2. The number of hydrogen-bond acceptors (Lipinski definition) is 2. The lowest BCUT2D eigenvalue weighted by atomic mass is 10.1. The molecule has 0 atom stereocenters. The van der Waals surface area contributed by atoms with Crippen molar-refractivity contribution in [3.8, 4) is 11.4 Å². The Morgan fingerprint density at radius 3 is 2.60 bits per heavy atom. The maximum Gasteiger partial charge on any atom is 0.163 e. The molecule has 0 radical (unpaired) electrons. The quantitative estimate of drug-likeness (QED) is 0.617. The zero-order valence-electron chi connectivity index (χ0n) is 10.3. The Morgan fingerprint density at radius 2 is 1.80 bits per heavy atom. The number of aromatic nitrogens is 2. The van der Waals surface area contributed by atoms with E-state index in [0.717, 1.165) is 10.9 Å². The third kappa shape index (κ3) is 2.35. The first-order chi connectivity index (χ1) is 9.69. The smallest absolute Gasteiger partial charge is 0.163 e. The van der Waals surface area contributed by atoms with Gasteiger partial charge in [0.2, 0.25) is 0 Å². The Kier molecular flexibility index (Phi) is 3.55. The molecule has 0 aliphatic heterocycles. The fraction of sp³-hybridized carbons (Fsp3) is 0.0667. The first-order valence-corrected chi connectivity index (χ1v) is 6.71. The Hall–Kier alpha value is -1.71. The van der Waals surface area contributed by atoms with Crippen LogP contribution in [-0.2, 0) is 6.67 Å². The Bertz CT molecular complexity index is 790. The fourth-order valence-corrected chi connectivity index (χ4v) is 2.43. The van der Waals surface area contributed by atoms with Gasteiger partial charge in [-0.3, -0.25) is 0 Å². The number of benzene rings is 2. The van der Waals surface area contributed by atoms with Gasteiger partial charge in [-0.1, -0.05) is 41.4 Å².